The molecule has 0 atom stereocenters. The lowest BCUT2D eigenvalue weighted by Gasteiger charge is -2.35. The number of hydrogen-bond acceptors (Lipinski definition) is 4. The molecule has 0 unspecified atom stereocenters. The highest BCUT2D eigenvalue weighted by Gasteiger charge is 2.23. The number of piperazine rings is 1. The Balaban J connectivity index is 1.88. The van der Waals surface area contributed by atoms with Crippen LogP contribution in [0.5, 0.6) is 0 Å². The smallest absolute Gasteiger partial charge is 0.264 e. The van der Waals surface area contributed by atoms with Gasteiger partial charge < -0.3 is 4.90 Å². The van der Waals surface area contributed by atoms with E-state index in [0.29, 0.717) is 5.92 Å². The van der Waals surface area contributed by atoms with E-state index in [1.54, 1.807) is 0 Å². The number of carbonyl (C=O) groups excluding carboxylic acids is 1. The summed E-state index contributed by atoms with van der Waals surface area (Å²) in [7, 11) is 0. The minimum atomic E-state index is 0.157. The minimum absolute atomic E-state index is 0.157. The van der Waals surface area contributed by atoms with Crippen LogP contribution in [0.4, 0.5) is 0 Å². The van der Waals surface area contributed by atoms with E-state index in [4.69, 9.17) is 0 Å². The Hall–Kier alpha value is -0.520. The van der Waals surface area contributed by atoms with Crippen LogP contribution in [0.1, 0.15) is 23.5 Å². The Bertz CT molecular complexity index is 409. The van der Waals surface area contributed by atoms with Crippen molar-refractivity contribution in [2.24, 2.45) is 5.92 Å². The van der Waals surface area contributed by atoms with Crippen molar-refractivity contribution < 1.29 is 4.79 Å². The number of rotatable bonds is 3. The van der Waals surface area contributed by atoms with Crippen LogP contribution in [0.25, 0.3) is 0 Å². The maximum Gasteiger partial charge on any atom is 0.264 e. The summed E-state index contributed by atoms with van der Waals surface area (Å²) in [4.78, 5) is 18.3. The third-order valence-corrected chi connectivity index (χ3v) is 4.43. The molecule has 1 aliphatic heterocycles. The van der Waals surface area contributed by atoms with Crippen molar-refractivity contribution in [2.45, 2.75) is 18.7 Å². The molecule has 1 fully saturated rings. The molecule has 1 aromatic heterocycles. The molecule has 2 rings (SSSR count). The second-order valence-electron chi connectivity index (χ2n) is 5.16. The lowest BCUT2D eigenvalue weighted by molar-refractivity contribution is 0.0628. The highest BCUT2D eigenvalue weighted by Crippen LogP contribution is 2.20. The van der Waals surface area contributed by atoms with Gasteiger partial charge in [0.2, 0.25) is 0 Å². The Morgan fingerprint density at radius 1 is 1.39 bits per heavy atom. The second kappa shape index (κ2) is 6.08. The van der Waals surface area contributed by atoms with Crippen molar-refractivity contribution in [3.8, 4) is 0 Å². The van der Waals surface area contributed by atoms with Crippen molar-refractivity contribution in [3.05, 3.63) is 16.3 Å². The zero-order valence-electron chi connectivity index (χ0n) is 10.9. The van der Waals surface area contributed by atoms with Gasteiger partial charge in [0, 0.05) is 43.0 Å². The van der Waals surface area contributed by atoms with Crippen molar-refractivity contribution in [1.82, 2.24) is 9.80 Å². The van der Waals surface area contributed by atoms with E-state index in [1.165, 1.54) is 11.3 Å². The first-order valence-corrected chi connectivity index (χ1v) is 7.68. The highest BCUT2D eigenvalue weighted by molar-refractivity contribution is 7.80. The van der Waals surface area contributed by atoms with Crippen molar-refractivity contribution in [2.75, 3.05) is 32.7 Å². The van der Waals surface area contributed by atoms with E-state index in [-0.39, 0.29) is 5.91 Å². The maximum atomic E-state index is 12.2. The van der Waals surface area contributed by atoms with Gasteiger partial charge in [0.25, 0.3) is 5.91 Å². The summed E-state index contributed by atoms with van der Waals surface area (Å²) in [5, 5.41) is 1.91. The van der Waals surface area contributed by atoms with Crippen LogP contribution < -0.4 is 0 Å². The first-order valence-electron chi connectivity index (χ1n) is 6.35. The molecule has 0 radical (unpaired) electrons. The number of thiol groups is 1. The van der Waals surface area contributed by atoms with Crippen molar-refractivity contribution >= 4 is 29.9 Å². The van der Waals surface area contributed by atoms with E-state index in [1.807, 2.05) is 16.3 Å². The fraction of sp³-hybridized carbons (Fsp3) is 0.615. The van der Waals surface area contributed by atoms with Crippen LogP contribution in [-0.2, 0) is 0 Å². The average molecular weight is 284 g/mol. The Labute approximate surface area is 118 Å². The molecular weight excluding hydrogens is 264 g/mol. The number of amides is 1. The average Bonchev–Trinajstić information content (AvgIpc) is 2.75. The first kappa shape index (κ1) is 13.9. The summed E-state index contributed by atoms with van der Waals surface area (Å²) in [6.07, 6.45) is 0. The molecule has 1 aliphatic rings. The quantitative estimate of drug-likeness (QED) is 0.862. The highest BCUT2D eigenvalue weighted by atomic mass is 32.1. The van der Waals surface area contributed by atoms with Gasteiger partial charge in [-0.1, -0.05) is 13.8 Å². The Morgan fingerprint density at radius 3 is 2.56 bits per heavy atom. The molecule has 0 N–H and O–H groups in total. The third-order valence-electron chi connectivity index (χ3n) is 3.08. The molecular formula is C13H20N2OS2. The maximum absolute atomic E-state index is 12.2. The summed E-state index contributed by atoms with van der Waals surface area (Å²) >= 11 is 5.73. The Kier molecular flexibility index (Phi) is 4.70. The molecule has 5 heteroatoms. The number of hydrogen-bond donors (Lipinski definition) is 1. The standard InChI is InChI=1S/C13H20N2OS2/c1-10(2)8-14-3-5-15(6-4-14)13(16)12-7-11(17)9-18-12/h7,9-10,17H,3-6,8H2,1-2H3. The Morgan fingerprint density at radius 2 is 2.06 bits per heavy atom. The van der Waals surface area contributed by atoms with Crippen LogP contribution in [-0.4, -0.2) is 48.4 Å². The zero-order chi connectivity index (χ0) is 13.1. The normalized spacial score (nSPS) is 17.4. The van der Waals surface area contributed by atoms with Gasteiger partial charge in [-0.3, -0.25) is 9.69 Å². The van der Waals surface area contributed by atoms with Gasteiger partial charge in [-0.05, 0) is 12.0 Å². The van der Waals surface area contributed by atoms with Gasteiger partial charge in [0.15, 0.2) is 0 Å². The predicted octanol–water partition coefficient (Wildman–Crippen LogP) is 2.45. The van der Waals surface area contributed by atoms with Crippen molar-refractivity contribution in [3.63, 3.8) is 0 Å². The second-order valence-corrected chi connectivity index (χ2v) is 6.58. The van der Waals surface area contributed by atoms with E-state index in [2.05, 4.69) is 31.4 Å². The lowest BCUT2D eigenvalue weighted by Crippen LogP contribution is -2.49. The topological polar surface area (TPSA) is 23.6 Å². The van der Waals surface area contributed by atoms with E-state index in [0.717, 1.165) is 42.5 Å². The van der Waals surface area contributed by atoms with Crippen LogP contribution in [0, 0.1) is 5.92 Å². The zero-order valence-corrected chi connectivity index (χ0v) is 12.6. The van der Waals surface area contributed by atoms with Crippen LogP contribution in [0.3, 0.4) is 0 Å². The van der Waals surface area contributed by atoms with Gasteiger partial charge >= 0.3 is 0 Å². The summed E-state index contributed by atoms with van der Waals surface area (Å²) in [6.45, 7) is 9.25. The largest absolute Gasteiger partial charge is 0.335 e. The van der Waals surface area contributed by atoms with Gasteiger partial charge in [-0.15, -0.1) is 24.0 Å². The summed E-state index contributed by atoms with van der Waals surface area (Å²) in [6, 6.07) is 1.86. The monoisotopic (exact) mass is 284 g/mol. The van der Waals surface area contributed by atoms with Gasteiger partial charge in [0.05, 0.1) is 4.88 Å². The lowest BCUT2D eigenvalue weighted by atomic mass is 10.2. The van der Waals surface area contributed by atoms with Crippen LogP contribution in [0.2, 0.25) is 0 Å². The molecule has 18 heavy (non-hydrogen) atoms. The van der Waals surface area contributed by atoms with Crippen LogP contribution >= 0.6 is 24.0 Å². The number of nitrogens with zero attached hydrogens (tertiary/aromatic N) is 2. The van der Waals surface area contributed by atoms with Crippen molar-refractivity contribution in [1.29, 1.82) is 0 Å². The van der Waals surface area contributed by atoms with Crippen LogP contribution in [0.15, 0.2) is 16.3 Å². The molecule has 100 valence electrons. The fourth-order valence-electron chi connectivity index (χ4n) is 2.24. The molecule has 0 aromatic carbocycles. The predicted molar refractivity (Wildman–Crippen MR) is 78.8 cm³/mol. The van der Waals surface area contributed by atoms with E-state index < -0.39 is 0 Å². The van der Waals surface area contributed by atoms with Gasteiger partial charge in [-0.25, -0.2) is 0 Å². The van der Waals surface area contributed by atoms with Gasteiger partial charge in [0.1, 0.15) is 0 Å². The summed E-state index contributed by atoms with van der Waals surface area (Å²) in [5.41, 5.74) is 0. The molecule has 0 aliphatic carbocycles. The SMILES string of the molecule is CC(C)CN1CCN(C(=O)c2cc(S)cs2)CC1. The molecule has 1 saturated heterocycles. The molecule has 3 nitrogen and oxygen atoms in total. The molecule has 2 heterocycles. The van der Waals surface area contributed by atoms with E-state index in [9.17, 15) is 4.79 Å². The molecule has 0 saturated carbocycles. The number of thiophene rings is 1. The third kappa shape index (κ3) is 3.49. The first-order chi connectivity index (χ1) is 8.56. The summed E-state index contributed by atoms with van der Waals surface area (Å²) < 4.78 is 0. The van der Waals surface area contributed by atoms with Gasteiger partial charge in [-0.2, -0.15) is 0 Å². The van der Waals surface area contributed by atoms with E-state index >= 15 is 0 Å². The molecule has 0 bridgehead atoms. The molecule has 1 aromatic rings. The molecule has 0 spiro atoms. The molecule has 1 amide bonds. The summed E-state index contributed by atoms with van der Waals surface area (Å²) in [5.74, 6) is 0.848. The minimum Gasteiger partial charge on any atom is -0.335 e. The number of carbonyl (C=O) groups is 1. The fourth-order valence-corrected chi connectivity index (χ4v) is 3.36.